The second-order valence-electron chi connectivity index (χ2n) is 13.1. The van der Waals surface area contributed by atoms with Crippen molar-refractivity contribution in [1.82, 2.24) is 9.55 Å². The van der Waals surface area contributed by atoms with Crippen LogP contribution < -0.4 is 0 Å². The van der Waals surface area contributed by atoms with Gasteiger partial charge in [-0.2, -0.15) is 0 Å². The van der Waals surface area contributed by atoms with Gasteiger partial charge < -0.3 is 14.4 Å². The van der Waals surface area contributed by atoms with Crippen molar-refractivity contribution in [2.45, 2.75) is 104 Å². The van der Waals surface area contributed by atoms with Crippen molar-refractivity contribution in [2.75, 3.05) is 0 Å². The molecule has 4 heteroatoms. The minimum atomic E-state index is -0.113. The Kier molecular flexibility index (Phi) is 5.55. The number of aliphatic hydroxyl groups is 1. The summed E-state index contributed by atoms with van der Waals surface area (Å²) in [5.41, 5.74) is 3.86. The highest BCUT2D eigenvalue weighted by Gasteiger charge is 2.63. The molecule has 0 bridgehead atoms. The molecule has 0 amide bonds. The van der Waals surface area contributed by atoms with Gasteiger partial charge in [0.2, 0.25) is 0 Å². The van der Waals surface area contributed by atoms with Crippen LogP contribution in [0.25, 0.3) is 0 Å². The van der Waals surface area contributed by atoms with E-state index in [1.54, 1.807) is 11.1 Å². The van der Waals surface area contributed by atoms with Crippen LogP contribution in [-0.2, 0) is 11.3 Å². The molecule has 4 nitrogen and oxygen atoms in total. The van der Waals surface area contributed by atoms with Gasteiger partial charge in [0.1, 0.15) is 6.10 Å². The molecule has 186 valence electrons. The molecule has 9 atom stereocenters. The van der Waals surface area contributed by atoms with E-state index in [0.29, 0.717) is 28.8 Å². The molecule has 0 saturated heterocycles. The van der Waals surface area contributed by atoms with Crippen molar-refractivity contribution in [1.29, 1.82) is 0 Å². The van der Waals surface area contributed by atoms with Crippen molar-refractivity contribution < 1.29 is 9.84 Å². The van der Waals surface area contributed by atoms with E-state index in [1.807, 2.05) is 12.5 Å². The van der Waals surface area contributed by atoms with Crippen LogP contribution in [0, 0.1) is 40.4 Å². The van der Waals surface area contributed by atoms with E-state index in [4.69, 9.17) is 4.74 Å². The maximum absolute atomic E-state index is 10.3. The van der Waals surface area contributed by atoms with Gasteiger partial charge in [0.15, 0.2) is 0 Å². The van der Waals surface area contributed by atoms with Crippen molar-refractivity contribution in [3.05, 3.63) is 41.7 Å². The summed E-state index contributed by atoms with van der Waals surface area (Å²) in [6.07, 6.45) is 19.2. The topological polar surface area (TPSA) is 47.3 Å². The van der Waals surface area contributed by atoms with Gasteiger partial charge in [-0.15, -0.1) is 0 Å². The van der Waals surface area contributed by atoms with E-state index in [9.17, 15) is 5.11 Å². The maximum Gasteiger partial charge on any atom is 0.106 e. The first-order valence-corrected chi connectivity index (χ1v) is 14.0. The molecule has 1 unspecified atom stereocenters. The van der Waals surface area contributed by atoms with Crippen LogP contribution in [0.4, 0.5) is 0 Å². The molecule has 4 aliphatic carbocycles. The highest BCUT2D eigenvalue weighted by molar-refractivity contribution is 5.30. The fourth-order valence-corrected chi connectivity index (χ4v) is 9.45. The number of allylic oxidation sites excluding steroid dienone is 2. The second-order valence-corrected chi connectivity index (χ2v) is 13.1. The maximum atomic E-state index is 10.3. The molecular formula is C30H44N2O2. The van der Waals surface area contributed by atoms with Crippen LogP contribution in [-0.4, -0.2) is 26.9 Å². The first kappa shape index (κ1) is 22.9. The summed E-state index contributed by atoms with van der Waals surface area (Å²) in [7, 11) is 0. The SMILES string of the molecule is CC1=C(CCC(C)Cn2ccnc2)O[C@H]2C[C@H]3[C@@H]4CC=C5C[C@@H](O)CC[C@]5(C)[C@H]4CC[C@]3(C)[C@@H]12. The Balaban J connectivity index is 1.17. The Morgan fingerprint density at radius 2 is 2.09 bits per heavy atom. The predicted molar refractivity (Wildman–Crippen MR) is 135 cm³/mol. The zero-order chi connectivity index (χ0) is 23.7. The van der Waals surface area contributed by atoms with Gasteiger partial charge in [0.05, 0.1) is 18.2 Å². The highest BCUT2D eigenvalue weighted by atomic mass is 16.5. The minimum Gasteiger partial charge on any atom is -0.494 e. The molecule has 34 heavy (non-hydrogen) atoms. The zero-order valence-corrected chi connectivity index (χ0v) is 21.7. The number of hydrogen-bond acceptors (Lipinski definition) is 3. The van der Waals surface area contributed by atoms with Crippen LogP contribution in [0.1, 0.15) is 85.5 Å². The number of rotatable bonds is 5. The Labute approximate surface area is 205 Å². The van der Waals surface area contributed by atoms with Crippen molar-refractivity contribution in [2.24, 2.45) is 40.4 Å². The Hall–Kier alpha value is -1.55. The quantitative estimate of drug-likeness (QED) is 0.505. The smallest absolute Gasteiger partial charge is 0.106 e. The summed E-state index contributed by atoms with van der Waals surface area (Å²) in [6.45, 7) is 10.9. The van der Waals surface area contributed by atoms with Crippen LogP contribution in [0.5, 0.6) is 0 Å². The van der Waals surface area contributed by atoms with Gasteiger partial charge >= 0.3 is 0 Å². The highest BCUT2D eigenvalue weighted by Crippen LogP contribution is 2.68. The van der Waals surface area contributed by atoms with Crippen molar-refractivity contribution in [3.8, 4) is 0 Å². The summed E-state index contributed by atoms with van der Waals surface area (Å²) in [4.78, 5) is 4.18. The number of hydrogen-bond donors (Lipinski definition) is 1. The van der Waals surface area contributed by atoms with Gasteiger partial charge in [-0.05, 0) is 98.4 Å². The summed E-state index contributed by atoms with van der Waals surface area (Å²) in [5.74, 6) is 4.92. The lowest BCUT2D eigenvalue weighted by atomic mass is 9.47. The number of nitrogens with zero attached hydrogens (tertiary/aromatic N) is 2. The minimum absolute atomic E-state index is 0.113. The largest absolute Gasteiger partial charge is 0.494 e. The molecule has 0 radical (unpaired) electrons. The van der Waals surface area contributed by atoms with Crippen molar-refractivity contribution in [3.63, 3.8) is 0 Å². The first-order chi connectivity index (χ1) is 16.3. The van der Waals surface area contributed by atoms with Crippen LogP contribution in [0.2, 0.25) is 0 Å². The molecule has 0 spiro atoms. The summed E-state index contributed by atoms with van der Waals surface area (Å²) < 4.78 is 8.97. The van der Waals surface area contributed by atoms with Crippen LogP contribution >= 0.6 is 0 Å². The molecular weight excluding hydrogens is 420 g/mol. The lowest BCUT2D eigenvalue weighted by Gasteiger charge is -2.57. The number of imidazole rings is 1. The number of ether oxygens (including phenoxy) is 1. The molecule has 1 N–H and O–H groups in total. The van der Waals surface area contributed by atoms with E-state index in [-0.39, 0.29) is 6.10 Å². The normalized spacial score (nSPS) is 44.0. The molecule has 1 aromatic rings. The molecule has 6 rings (SSSR count). The Bertz CT molecular complexity index is 980. The Morgan fingerprint density at radius 3 is 2.88 bits per heavy atom. The predicted octanol–water partition coefficient (Wildman–Crippen LogP) is 6.52. The molecule has 3 saturated carbocycles. The van der Waals surface area contributed by atoms with Crippen molar-refractivity contribution >= 4 is 0 Å². The zero-order valence-electron chi connectivity index (χ0n) is 21.7. The number of aliphatic hydroxyl groups excluding tert-OH is 1. The molecule has 3 fully saturated rings. The van der Waals surface area contributed by atoms with E-state index in [0.717, 1.165) is 43.6 Å². The molecule has 0 aromatic carbocycles. The fraction of sp³-hybridized carbons (Fsp3) is 0.767. The monoisotopic (exact) mass is 464 g/mol. The molecule has 2 heterocycles. The molecule has 1 aliphatic heterocycles. The third-order valence-electron chi connectivity index (χ3n) is 11.2. The van der Waals surface area contributed by atoms with Gasteiger partial charge in [0.25, 0.3) is 0 Å². The summed E-state index contributed by atoms with van der Waals surface area (Å²) in [5, 5.41) is 10.3. The van der Waals surface area contributed by atoms with Gasteiger partial charge in [-0.25, -0.2) is 4.98 Å². The number of aromatic nitrogens is 2. The van der Waals surface area contributed by atoms with Gasteiger partial charge in [-0.1, -0.05) is 32.4 Å². The van der Waals surface area contributed by atoms with E-state index in [1.165, 1.54) is 44.3 Å². The van der Waals surface area contributed by atoms with E-state index < -0.39 is 0 Å². The van der Waals surface area contributed by atoms with Gasteiger partial charge in [-0.3, -0.25) is 0 Å². The van der Waals surface area contributed by atoms with E-state index >= 15 is 0 Å². The summed E-state index contributed by atoms with van der Waals surface area (Å²) >= 11 is 0. The average molecular weight is 465 g/mol. The standard InChI is InChI=1S/C30H44N2O2/c1-19(17-32-14-13-31-18-32)5-8-26-20(2)28-27(34-26)16-25-23-7-6-21-15-22(33)9-11-29(21,3)24(23)10-12-30(25,28)4/h6,13-14,18-19,22-25,27-28,33H,5,7-12,15-17H2,1-4H3/t19?,22-,23+,24-,25-,27-,28-,29-,30-/m0/s1. The number of fused-ring (bicyclic) bond motifs is 7. The van der Waals surface area contributed by atoms with Crippen LogP contribution in [0.15, 0.2) is 41.7 Å². The average Bonchev–Trinajstić information content (AvgIpc) is 3.49. The first-order valence-electron chi connectivity index (χ1n) is 14.0. The molecule has 1 aromatic heterocycles. The lowest BCUT2D eigenvalue weighted by molar-refractivity contribution is -0.0454. The molecule has 5 aliphatic rings. The van der Waals surface area contributed by atoms with E-state index in [2.05, 4.69) is 49.5 Å². The van der Waals surface area contributed by atoms with Gasteiger partial charge in [0, 0.05) is 31.3 Å². The summed E-state index contributed by atoms with van der Waals surface area (Å²) in [6, 6.07) is 0. The second kappa shape index (κ2) is 8.25. The van der Waals surface area contributed by atoms with Crippen LogP contribution in [0.3, 0.4) is 0 Å². The third kappa shape index (κ3) is 3.45. The Morgan fingerprint density at radius 1 is 1.24 bits per heavy atom. The fourth-order valence-electron chi connectivity index (χ4n) is 9.45. The third-order valence-corrected chi connectivity index (χ3v) is 11.2. The lowest BCUT2D eigenvalue weighted by Crippen LogP contribution is -2.50.